The normalized spacial score (nSPS) is 14.2. The number of benzene rings is 1. The first-order valence-corrected chi connectivity index (χ1v) is 8.53. The molecule has 2 aromatic rings. The second-order valence-corrected chi connectivity index (χ2v) is 5.86. The minimum absolute atomic E-state index is 0.113. The topological polar surface area (TPSA) is 85.7 Å². The Kier molecular flexibility index (Phi) is 5.52. The quantitative estimate of drug-likeness (QED) is 0.819. The van der Waals surface area contributed by atoms with E-state index in [9.17, 15) is 9.59 Å². The molecule has 1 aromatic heterocycles. The van der Waals surface area contributed by atoms with Gasteiger partial charge >= 0.3 is 5.97 Å². The zero-order valence-corrected chi connectivity index (χ0v) is 14.9. The summed E-state index contributed by atoms with van der Waals surface area (Å²) in [4.78, 5) is 26.4. The SMILES string of the molecule is CCOC(=O)c1cc(C(=O)Nc2ccc(N3CCOCC3)cc2)n(C)n1. The van der Waals surface area contributed by atoms with E-state index in [1.165, 1.54) is 10.7 Å². The fourth-order valence-corrected chi connectivity index (χ4v) is 2.76. The molecule has 0 radical (unpaired) electrons. The van der Waals surface area contributed by atoms with Gasteiger partial charge in [0.05, 0.1) is 19.8 Å². The predicted octanol–water partition coefficient (Wildman–Crippen LogP) is 1.69. The van der Waals surface area contributed by atoms with E-state index in [0.717, 1.165) is 32.0 Å². The molecule has 0 aliphatic carbocycles. The number of esters is 1. The van der Waals surface area contributed by atoms with Crippen LogP contribution >= 0.6 is 0 Å². The maximum Gasteiger partial charge on any atom is 0.358 e. The molecule has 3 rings (SSSR count). The second-order valence-electron chi connectivity index (χ2n) is 5.86. The van der Waals surface area contributed by atoms with Crippen molar-refractivity contribution >= 4 is 23.3 Å². The van der Waals surface area contributed by atoms with Gasteiger partial charge in [0.25, 0.3) is 5.91 Å². The summed E-state index contributed by atoms with van der Waals surface area (Å²) in [5, 5.41) is 6.85. The summed E-state index contributed by atoms with van der Waals surface area (Å²) in [6.07, 6.45) is 0. The van der Waals surface area contributed by atoms with Crippen LogP contribution < -0.4 is 10.2 Å². The van der Waals surface area contributed by atoms with Crippen LogP contribution in [-0.4, -0.2) is 54.6 Å². The largest absolute Gasteiger partial charge is 0.461 e. The molecule has 0 saturated carbocycles. The van der Waals surface area contributed by atoms with Crippen LogP contribution in [0.2, 0.25) is 0 Å². The van der Waals surface area contributed by atoms with E-state index >= 15 is 0 Å². The number of nitrogens with zero attached hydrogens (tertiary/aromatic N) is 3. The highest BCUT2D eigenvalue weighted by Gasteiger charge is 2.18. The third-order valence-corrected chi connectivity index (χ3v) is 4.10. The highest BCUT2D eigenvalue weighted by atomic mass is 16.5. The molecule has 8 nitrogen and oxygen atoms in total. The van der Waals surface area contributed by atoms with Crippen molar-refractivity contribution < 1.29 is 19.1 Å². The van der Waals surface area contributed by atoms with Gasteiger partial charge in [0.1, 0.15) is 5.69 Å². The first kappa shape index (κ1) is 17.9. The van der Waals surface area contributed by atoms with Crippen LogP contribution in [-0.2, 0) is 16.5 Å². The van der Waals surface area contributed by atoms with Gasteiger partial charge in [-0.15, -0.1) is 0 Å². The van der Waals surface area contributed by atoms with Crippen molar-refractivity contribution in [1.82, 2.24) is 9.78 Å². The van der Waals surface area contributed by atoms with Gasteiger partial charge in [-0.3, -0.25) is 9.48 Å². The number of carbonyl (C=O) groups excluding carboxylic acids is 2. The van der Waals surface area contributed by atoms with Gasteiger partial charge < -0.3 is 19.7 Å². The Morgan fingerprint density at radius 1 is 1.23 bits per heavy atom. The summed E-state index contributed by atoms with van der Waals surface area (Å²) in [5.41, 5.74) is 2.16. The average molecular weight is 358 g/mol. The Labute approximate surface area is 151 Å². The van der Waals surface area contributed by atoms with E-state index in [1.54, 1.807) is 14.0 Å². The highest BCUT2D eigenvalue weighted by molar-refractivity contribution is 6.04. The molecule has 26 heavy (non-hydrogen) atoms. The number of amides is 1. The smallest absolute Gasteiger partial charge is 0.358 e. The molecule has 1 aliphatic heterocycles. The number of carbonyl (C=O) groups is 2. The maximum atomic E-state index is 12.5. The van der Waals surface area contributed by atoms with Crippen LogP contribution in [0.25, 0.3) is 0 Å². The summed E-state index contributed by atoms with van der Waals surface area (Å²) < 4.78 is 11.6. The molecule has 2 heterocycles. The van der Waals surface area contributed by atoms with Gasteiger partial charge in [0, 0.05) is 37.6 Å². The van der Waals surface area contributed by atoms with E-state index in [-0.39, 0.29) is 23.9 Å². The van der Waals surface area contributed by atoms with Crippen molar-refractivity contribution in [2.75, 3.05) is 43.1 Å². The van der Waals surface area contributed by atoms with E-state index in [2.05, 4.69) is 15.3 Å². The van der Waals surface area contributed by atoms with Crippen LogP contribution in [0.5, 0.6) is 0 Å². The summed E-state index contributed by atoms with van der Waals surface area (Å²) in [7, 11) is 1.61. The second kappa shape index (κ2) is 8.01. The molecule has 1 aromatic carbocycles. The molecule has 138 valence electrons. The standard InChI is InChI=1S/C18H22N4O4/c1-3-26-18(24)15-12-16(21(2)20-15)17(23)19-13-4-6-14(7-5-13)22-8-10-25-11-9-22/h4-7,12H,3,8-11H2,1-2H3,(H,19,23). The number of nitrogens with one attached hydrogen (secondary N) is 1. The van der Waals surface area contributed by atoms with Crippen molar-refractivity contribution in [2.24, 2.45) is 7.05 Å². The fraction of sp³-hybridized carbons (Fsp3) is 0.389. The van der Waals surface area contributed by atoms with Gasteiger partial charge in [-0.05, 0) is 31.2 Å². The summed E-state index contributed by atoms with van der Waals surface area (Å²) in [5.74, 6) is -0.883. The Morgan fingerprint density at radius 3 is 2.58 bits per heavy atom. The number of aryl methyl sites for hydroxylation is 1. The monoisotopic (exact) mass is 358 g/mol. The van der Waals surface area contributed by atoms with Crippen LogP contribution in [0.4, 0.5) is 11.4 Å². The highest BCUT2D eigenvalue weighted by Crippen LogP contribution is 2.19. The molecule has 1 amide bonds. The molecule has 1 saturated heterocycles. The molecular formula is C18H22N4O4. The lowest BCUT2D eigenvalue weighted by atomic mass is 10.2. The van der Waals surface area contributed by atoms with E-state index in [4.69, 9.17) is 9.47 Å². The number of aromatic nitrogens is 2. The van der Waals surface area contributed by atoms with Gasteiger partial charge in [0.2, 0.25) is 0 Å². The van der Waals surface area contributed by atoms with Crippen LogP contribution in [0, 0.1) is 0 Å². The van der Waals surface area contributed by atoms with Gasteiger partial charge in [0.15, 0.2) is 5.69 Å². The summed E-state index contributed by atoms with van der Waals surface area (Å²) in [6, 6.07) is 9.06. The molecule has 1 aliphatic rings. The molecule has 8 heteroatoms. The number of ether oxygens (including phenoxy) is 2. The molecule has 0 bridgehead atoms. The Bertz CT molecular complexity index is 779. The van der Waals surface area contributed by atoms with Gasteiger partial charge in [-0.1, -0.05) is 0 Å². The average Bonchev–Trinajstić information content (AvgIpc) is 3.05. The predicted molar refractivity (Wildman–Crippen MR) is 96.6 cm³/mol. The van der Waals surface area contributed by atoms with Crippen molar-refractivity contribution in [3.63, 3.8) is 0 Å². The van der Waals surface area contributed by atoms with Crippen LogP contribution in [0.1, 0.15) is 27.9 Å². The molecule has 0 spiro atoms. The Balaban J connectivity index is 1.67. The molecule has 0 atom stereocenters. The first-order chi connectivity index (χ1) is 12.6. The summed E-state index contributed by atoms with van der Waals surface area (Å²) in [6.45, 7) is 5.14. The lowest BCUT2D eigenvalue weighted by Gasteiger charge is -2.28. The number of hydrogen-bond acceptors (Lipinski definition) is 6. The van der Waals surface area contributed by atoms with Crippen molar-refractivity contribution in [2.45, 2.75) is 6.92 Å². The number of hydrogen-bond donors (Lipinski definition) is 1. The van der Waals surface area contributed by atoms with E-state index in [1.807, 2.05) is 24.3 Å². The zero-order valence-electron chi connectivity index (χ0n) is 14.9. The third kappa shape index (κ3) is 4.02. The van der Waals surface area contributed by atoms with Gasteiger partial charge in [-0.25, -0.2) is 4.79 Å². The Morgan fingerprint density at radius 2 is 1.92 bits per heavy atom. The lowest BCUT2D eigenvalue weighted by molar-refractivity contribution is 0.0518. The van der Waals surface area contributed by atoms with E-state index < -0.39 is 5.97 Å². The Hall–Kier alpha value is -2.87. The number of rotatable bonds is 5. The zero-order chi connectivity index (χ0) is 18.5. The molecule has 0 unspecified atom stereocenters. The van der Waals surface area contributed by atoms with Crippen molar-refractivity contribution in [3.05, 3.63) is 41.7 Å². The van der Waals surface area contributed by atoms with Crippen molar-refractivity contribution in [1.29, 1.82) is 0 Å². The molecular weight excluding hydrogens is 336 g/mol. The maximum absolute atomic E-state index is 12.5. The van der Waals surface area contributed by atoms with Crippen molar-refractivity contribution in [3.8, 4) is 0 Å². The third-order valence-electron chi connectivity index (χ3n) is 4.10. The van der Waals surface area contributed by atoms with Crippen LogP contribution in [0.3, 0.4) is 0 Å². The first-order valence-electron chi connectivity index (χ1n) is 8.53. The minimum Gasteiger partial charge on any atom is -0.461 e. The lowest BCUT2D eigenvalue weighted by Crippen LogP contribution is -2.36. The molecule has 1 fully saturated rings. The fourth-order valence-electron chi connectivity index (χ4n) is 2.76. The molecule has 1 N–H and O–H groups in total. The number of anilines is 2. The van der Waals surface area contributed by atoms with E-state index in [0.29, 0.717) is 5.69 Å². The van der Waals surface area contributed by atoms with Gasteiger partial charge in [-0.2, -0.15) is 5.10 Å². The summed E-state index contributed by atoms with van der Waals surface area (Å²) >= 11 is 0. The number of morpholine rings is 1. The van der Waals surface area contributed by atoms with Crippen LogP contribution in [0.15, 0.2) is 30.3 Å². The minimum atomic E-state index is -0.544.